The third kappa shape index (κ3) is 9.04. The first-order chi connectivity index (χ1) is 16.1. The van der Waals surface area contributed by atoms with Crippen LogP contribution in [0, 0.1) is 0 Å². The number of unbranched alkanes of at least 4 members (excludes halogenated alkanes) is 3. The van der Waals surface area contributed by atoms with Crippen molar-refractivity contribution in [2.45, 2.75) is 53.0 Å². The van der Waals surface area contributed by atoms with Gasteiger partial charge in [-0.1, -0.05) is 46.1 Å². The van der Waals surface area contributed by atoms with Crippen molar-refractivity contribution >= 4 is 5.69 Å². The van der Waals surface area contributed by atoms with E-state index in [0.29, 0.717) is 13.2 Å². The van der Waals surface area contributed by atoms with Crippen molar-refractivity contribution in [3.8, 4) is 23.0 Å². The molecular weight excluding hydrogens is 416 g/mol. The molecule has 2 rings (SSSR count). The minimum absolute atomic E-state index is 0.624. The van der Waals surface area contributed by atoms with E-state index in [1.54, 1.807) is 14.2 Å². The number of methoxy groups -OCH3 is 2. The van der Waals surface area contributed by atoms with Crippen LogP contribution in [0.15, 0.2) is 36.4 Å². The van der Waals surface area contributed by atoms with Crippen LogP contribution in [-0.2, 0) is 6.54 Å². The average molecular weight is 459 g/mol. The van der Waals surface area contributed by atoms with E-state index >= 15 is 0 Å². The monoisotopic (exact) mass is 458 g/mol. The van der Waals surface area contributed by atoms with Gasteiger partial charge in [0.05, 0.1) is 20.8 Å². The van der Waals surface area contributed by atoms with Crippen molar-refractivity contribution in [1.82, 2.24) is 4.90 Å². The Morgan fingerprint density at radius 2 is 1.45 bits per heavy atom. The minimum atomic E-state index is 0.624. The van der Waals surface area contributed by atoms with Crippen molar-refractivity contribution in [3.05, 3.63) is 42.0 Å². The molecule has 2 aromatic rings. The number of hydrogen-bond donors (Lipinski definition) is 1. The molecule has 6 heteroatoms. The lowest BCUT2D eigenvalue weighted by atomic mass is 10.2. The van der Waals surface area contributed by atoms with Crippen LogP contribution in [0.4, 0.5) is 5.69 Å². The largest absolute Gasteiger partial charge is 0.493 e. The zero-order valence-corrected chi connectivity index (χ0v) is 21.1. The average Bonchev–Trinajstić information content (AvgIpc) is 2.85. The van der Waals surface area contributed by atoms with Crippen molar-refractivity contribution < 1.29 is 18.9 Å². The highest BCUT2D eigenvalue weighted by molar-refractivity contribution is 5.55. The summed E-state index contributed by atoms with van der Waals surface area (Å²) in [5.41, 5.74) is 2.09. The van der Waals surface area contributed by atoms with Gasteiger partial charge in [-0.2, -0.15) is 0 Å². The highest BCUT2D eigenvalue weighted by Crippen LogP contribution is 2.31. The topological polar surface area (TPSA) is 52.2 Å². The molecule has 0 heterocycles. The second-order valence-electron chi connectivity index (χ2n) is 7.99. The number of rotatable bonds is 17. The number of benzene rings is 2. The van der Waals surface area contributed by atoms with Gasteiger partial charge < -0.3 is 29.2 Å². The molecule has 0 aliphatic rings. The number of ether oxygens (including phenoxy) is 4. The molecule has 0 bridgehead atoms. The predicted molar refractivity (Wildman–Crippen MR) is 136 cm³/mol. The van der Waals surface area contributed by atoms with Gasteiger partial charge in [0.25, 0.3) is 0 Å². The van der Waals surface area contributed by atoms with E-state index in [4.69, 9.17) is 18.9 Å². The molecule has 0 spiro atoms. The maximum absolute atomic E-state index is 6.03. The fourth-order valence-electron chi connectivity index (χ4n) is 3.58. The summed E-state index contributed by atoms with van der Waals surface area (Å²) in [6.45, 7) is 11.5. The summed E-state index contributed by atoms with van der Waals surface area (Å²) in [6.07, 6.45) is 4.74. The summed E-state index contributed by atoms with van der Waals surface area (Å²) in [5.74, 6) is 3.05. The SMILES string of the molecule is CCCCCCOc1ccc(CNc2ccc(OC)c(OCCN(CC)CC)c2)cc1OC. The molecule has 33 heavy (non-hydrogen) atoms. The van der Waals surface area contributed by atoms with Crippen LogP contribution in [0.2, 0.25) is 0 Å². The molecule has 0 saturated carbocycles. The summed E-state index contributed by atoms with van der Waals surface area (Å²) in [4.78, 5) is 2.33. The third-order valence-electron chi connectivity index (χ3n) is 5.70. The third-order valence-corrected chi connectivity index (χ3v) is 5.70. The standard InChI is InChI=1S/C27H42N2O4/c1-6-9-10-11-17-32-25-14-12-22(19-26(25)31-5)21-28-23-13-15-24(30-4)27(20-23)33-18-16-29(7-2)8-3/h12-15,19-20,28H,6-11,16-18,21H2,1-5H3. The molecule has 0 saturated heterocycles. The maximum atomic E-state index is 6.03. The summed E-state index contributed by atoms with van der Waals surface area (Å²) in [6, 6.07) is 12.0. The summed E-state index contributed by atoms with van der Waals surface area (Å²) in [5, 5.41) is 3.47. The second-order valence-corrected chi connectivity index (χ2v) is 7.99. The van der Waals surface area contributed by atoms with E-state index < -0.39 is 0 Å². The fourth-order valence-corrected chi connectivity index (χ4v) is 3.58. The smallest absolute Gasteiger partial charge is 0.163 e. The first kappa shape index (κ1) is 26.7. The van der Waals surface area contributed by atoms with Gasteiger partial charge in [0.1, 0.15) is 6.61 Å². The number of nitrogens with one attached hydrogen (secondary N) is 1. The van der Waals surface area contributed by atoms with Gasteiger partial charge in [-0.05, 0) is 49.3 Å². The highest BCUT2D eigenvalue weighted by Gasteiger charge is 2.09. The van der Waals surface area contributed by atoms with Crippen LogP contribution < -0.4 is 24.3 Å². The van der Waals surface area contributed by atoms with Crippen molar-refractivity contribution in [2.75, 3.05) is 52.4 Å². The van der Waals surface area contributed by atoms with Crippen molar-refractivity contribution in [2.24, 2.45) is 0 Å². The van der Waals surface area contributed by atoms with Gasteiger partial charge in [-0.3, -0.25) is 0 Å². The summed E-state index contributed by atoms with van der Waals surface area (Å²) < 4.78 is 23.0. The Labute approximate surface area is 200 Å². The first-order valence-corrected chi connectivity index (χ1v) is 12.2. The van der Waals surface area contributed by atoms with Crippen LogP contribution in [-0.4, -0.2) is 52.0 Å². The van der Waals surface area contributed by atoms with Gasteiger partial charge >= 0.3 is 0 Å². The summed E-state index contributed by atoms with van der Waals surface area (Å²) >= 11 is 0. The van der Waals surface area contributed by atoms with Crippen LogP contribution in [0.5, 0.6) is 23.0 Å². The van der Waals surface area contributed by atoms with Gasteiger partial charge in [0.2, 0.25) is 0 Å². The maximum Gasteiger partial charge on any atom is 0.163 e. The van der Waals surface area contributed by atoms with Gasteiger partial charge in [-0.15, -0.1) is 0 Å². The number of nitrogens with zero attached hydrogens (tertiary/aromatic N) is 1. The summed E-state index contributed by atoms with van der Waals surface area (Å²) in [7, 11) is 3.35. The first-order valence-electron chi connectivity index (χ1n) is 12.2. The molecule has 0 radical (unpaired) electrons. The Kier molecular flexibility index (Phi) is 12.3. The van der Waals surface area contributed by atoms with E-state index in [2.05, 4.69) is 37.1 Å². The predicted octanol–water partition coefficient (Wildman–Crippen LogP) is 6.00. The molecule has 1 N–H and O–H groups in total. The lowest BCUT2D eigenvalue weighted by Crippen LogP contribution is -2.27. The van der Waals surface area contributed by atoms with Gasteiger partial charge in [0.15, 0.2) is 23.0 Å². The Hall–Kier alpha value is -2.60. The van der Waals surface area contributed by atoms with Gasteiger partial charge in [0, 0.05) is 24.8 Å². The highest BCUT2D eigenvalue weighted by atomic mass is 16.5. The van der Waals surface area contributed by atoms with Crippen LogP contribution in [0.3, 0.4) is 0 Å². The van der Waals surface area contributed by atoms with E-state index in [1.165, 1.54) is 19.3 Å². The molecular formula is C27H42N2O4. The van der Waals surface area contributed by atoms with E-state index in [0.717, 1.165) is 66.9 Å². The molecule has 0 aliphatic heterocycles. The zero-order valence-electron chi connectivity index (χ0n) is 21.1. The van der Waals surface area contributed by atoms with Gasteiger partial charge in [-0.25, -0.2) is 0 Å². The van der Waals surface area contributed by atoms with Crippen LogP contribution in [0.1, 0.15) is 52.0 Å². The number of hydrogen-bond acceptors (Lipinski definition) is 6. The quantitative estimate of drug-likeness (QED) is 0.294. The van der Waals surface area contributed by atoms with Crippen LogP contribution in [0.25, 0.3) is 0 Å². The lowest BCUT2D eigenvalue weighted by Gasteiger charge is -2.19. The van der Waals surface area contributed by atoms with Crippen molar-refractivity contribution in [3.63, 3.8) is 0 Å². The number of likely N-dealkylation sites (N-methyl/N-ethyl adjacent to an activating group) is 1. The van der Waals surface area contributed by atoms with Crippen LogP contribution >= 0.6 is 0 Å². The molecule has 0 aliphatic carbocycles. The molecule has 0 fully saturated rings. The Bertz CT molecular complexity index is 809. The molecule has 0 aromatic heterocycles. The molecule has 6 nitrogen and oxygen atoms in total. The normalized spacial score (nSPS) is 10.8. The molecule has 0 atom stereocenters. The Morgan fingerprint density at radius 3 is 2.15 bits per heavy atom. The minimum Gasteiger partial charge on any atom is -0.493 e. The zero-order chi connectivity index (χ0) is 23.9. The molecule has 2 aromatic carbocycles. The van der Waals surface area contributed by atoms with E-state index in [1.807, 2.05) is 30.3 Å². The Morgan fingerprint density at radius 1 is 0.727 bits per heavy atom. The van der Waals surface area contributed by atoms with E-state index in [-0.39, 0.29) is 0 Å². The van der Waals surface area contributed by atoms with Crippen molar-refractivity contribution in [1.29, 1.82) is 0 Å². The Balaban J connectivity index is 1.94. The fraction of sp³-hybridized carbons (Fsp3) is 0.556. The lowest BCUT2D eigenvalue weighted by molar-refractivity contribution is 0.217. The molecule has 0 amide bonds. The molecule has 0 unspecified atom stereocenters. The molecule has 184 valence electrons. The van der Waals surface area contributed by atoms with E-state index in [9.17, 15) is 0 Å². The number of anilines is 1. The second kappa shape index (κ2) is 15.3.